The zero-order chi connectivity index (χ0) is 20.8. The number of nitrogens with two attached hydrogens (primary N) is 1. The topological polar surface area (TPSA) is 61.0 Å². The molecule has 2 aliphatic rings. The normalized spacial score (nSPS) is 18.4. The maximum Gasteiger partial charge on any atom is 0.191 e. The fraction of sp³-hybridized carbons (Fsp3) is 0.478. The summed E-state index contributed by atoms with van der Waals surface area (Å²) in [6.45, 7) is 6.03. The van der Waals surface area contributed by atoms with Crippen LogP contribution in [0.4, 0.5) is 15.9 Å². The predicted molar refractivity (Wildman–Crippen MR) is 120 cm³/mol. The van der Waals surface area contributed by atoms with Crippen molar-refractivity contribution in [2.45, 2.75) is 32.2 Å². The van der Waals surface area contributed by atoms with Gasteiger partial charge in [0.15, 0.2) is 5.96 Å². The molecular formula is C23H31FN6. The number of nitrogens with zero attached hydrogens (tertiary/aromatic N) is 5. The second kappa shape index (κ2) is 9.78. The first-order valence-electron chi connectivity index (χ1n) is 10.9. The second-order valence-electron chi connectivity index (χ2n) is 8.05. The van der Waals surface area contributed by atoms with Crippen LogP contribution in [0.25, 0.3) is 0 Å². The Hall–Kier alpha value is -2.83. The van der Waals surface area contributed by atoms with E-state index < -0.39 is 0 Å². The van der Waals surface area contributed by atoms with Crippen molar-refractivity contribution in [1.29, 1.82) is 0 Å². The predicted octanol–water partition coefficient (Wildman–Crippen LogP) is 3.24. The Kier molecular flexibility index (Phi) is 6.67. The van der Waals surface area contributed by atoms with Gasteiger partial charge < -0.3 is 20.4 Å². The van der Waals surface area contributed by atoms with E-state index in [1.165, 1.54) is 37.8 Å². The van der Waals surface area contributed by atoms with E-state index in [4.69, 9.17) is 5.73 Å². The number of aliphatic imine (C=N–C) groups is 1. The van der Waals surface area contributed by atoms with Crippen LogP contribution in [0, 0.1) is 5.82 Å². The molecule has 0 aliphatic carbocycles. The summed E-state index contributed by atoms with van der Waals surface area (Å²) in [5, 5.41) is 0. The lowest BCUT2D eigenvalue weighted by Crippen LogP contribution is -2.51. The average molecular weight is 411 g/mol. The minimum absolute atomic E-state index is 0.205. The lowest BCUT2D eigenvalue weighted by atomic mass is 10.2. The van der Waals surface area contributed by atoms with E-state index in [0.29, 0.717) is 12.5 Å². The standard InChI is InChI=1S/C23H31FN6/c24-20-5-7-21(8-6-20)28-13-15-30(16-14-28)23(25)27-18-19-9-10-26-22(17-19)29-11-3-1-2-4-12-29/h5-10,17H,1-4,11-16,18H2,(H2,25,27). The molecule has 0 radical (unpaired) electrons. The van der Waals surface area contributed by atoms with Crippen molar-refractivity contribution in [3.8, 4) is 0 Å². The molecule has 0 amide bonds. The summed E-state index contributed by atoms with van der Waals surface area (Å²) < 4.78 is 13.1. The molecule has 1 aromatic heterocycles. The fourth-order valence-electron chi connectivity index (χ4n) is 4.15. The molecule has 2 N–H and O–H groups in total. The SMILES string of the molecule is NC(=NCc1ccnc(N2CCCCCC2)c1)N1CCN(c2ccc(F)cc2)CC1. The molecular weight excluding hydrogens is 379 g/mol. The number of piperazine rings is 1. The molecule has 3 heterocycles. The number of benzene rings is 1. The largest absolute Gasteiger partial charge is 0.370 e. The quantitative estimate of drug-likeness (QED) is 0.619. The van der Waals surface area contributed by atoms with Crippen molar-refractivity contribution in [2.75, 3.05) is 49.1 Å². The first kappa shape index (κ1) is 20.4. The summed E-state index contributed by atoms with van der Waals surface area (Å²) in [5.41, 5.74) is 8.47. The number of aromatic nitrogens is 1. The van der Waals surface area contributed by atoms with Crippen LogP contribution < -0.4 is 15.5 Å². The van der Waals surface area contributed by atoms with Crippen molar-refractivity contribution in [2.24, 2.45) is 10.7 Å². The van der Waals surface area contributed by atoms with Gasteiger partial charge in [0.2, 0.25) is 0 Å². The van der Waals surface area contributed by atoms with E-state index in [9.17, 15) is 4.39 Å². The van der Waals surface area contributed by atoms with Gasteiger partial charge in [-0.3, -0.25) is 0 Å². The van der Waals surface area contributed by atoms with Gasteiger partial charge in [-0.15, -0.1) is 0 Å². The van der Waals surface area contributed by atoms with Gasteiger partial charge in [-0.05, 0) is 54.8 Å². The molecule has 1 aromatic carbocycles. The summed E-state index contributed by atoms with van der Waals surface area (Å²) in [6, 6.07) is 10.8. The molecule has 0 bridgehead atoms. The lowest BCUT2D eigenvalue weighted by molar-refractivity contribution is 0.380. The second-order valence-corrected chi connectivity index (χ2v) is 8.05. The van der Waals surface area contributed by atoms with E-state index in [1.54, 1.807) is 0 Å². The molecule has 2 saturated heterocycles. The number of pyridine rings is 1. The van der Waals surface area contributed by atoms with Crippen molar-refractivity contribution in [3.63, 3.8) is 0 Å². The number of rotatable bonds is 4. The Balaban J connectivity index is 1.32. The van der Waals surface area contributed by atoms with Gasteiger partial charge >= 0.3 is 0 Å². The summed E-state index contributed by atoms with van der Waals surface area (Å²) >= 11 is 0. The molecule has 4 rings (SSSR count). The number of anilines is 2. The van der Waals surface area contributed by atoms with Crippen molar-refractivity contribution < 1.29 is 4.39 Å². The van der Waals surface area contributed by atoms with Gasteiger partial charge in [0, 0.05) is 51.2 Å². The van der Waals surface area contributed by atoms with Gasteiger partial charge in [-0.1, -0.05) is 12.8 Å². The lowest BCUT2D eigenvalue weighted by Gasteiger charge is -2.36. The van der Waals surface area contributed by atoms with Crippen LogP contribution in [0.2, 0.25) is 0 Å². The molecule has 2 aromatic rings. The summed E-state index contributed by atoms with van der Waals surface area (Å²) in [6.07, 6.45) is 6.97. The third kappa shape index (κ3) is 5.20. The van der Waals surface area contributed by atoms with Gasteiger partial charge in [0.25, 0.3) is 0 Å². The van der Waals surface area contributed by atoms with E-state index in [0.717, 1.165) is 56.3 Å². The van der Waals surface area contributed by atoms with Crippen LogP contribution in [0.15, 0.2) is 47.6 Å². The molecule has 2 fully saturated rings. The van der Waals surface area contributed by atoms with E-state index in [1.807, 2.05) is 24.4 Å². The third-order valence-corrected chi connectivity index (χ3v) is 5.96. The minimum atomic E-state index is -0.205. The number of hydrogen-bond donors (Lipinski definition) is 1. The van der Waals surface area contributed by atoms with Crippen LogP contribution in [0.5, 0.6) is 0 Å². The van der Waals surface area contributed by atoms with Gasteiger partial charge in [0.1, 0.15) is 11.6 Å². The zero-order valence-corrected chi connectivity index (χ0v) is 17.5. The molecule has 6 nitrogen and oxygen atoms in total. The molecule has 160 valence electrons. The Morgan fingerprint density at radius 1 is 0.900 bits per heavy atom. The van der Waals surface area contributed by atoms with Crippen LogP contribution in [-0.4, -0.2) is 55.1 Å². The smallest absolute Gasteiger partial charge is 0.191 e. The first-order chi connectivity index (χ1) is 14.7. The van der Waals surface area contributed by atoms with Crippen molar-refractivity contribution in [1.82, 2.24) is 9.88 Å². The van der Waals surface area contributed by atoms with Crippen LogP contribution >= 0.6 is 0 Å². The number of guanidine groups is 1. The Labute approximate surface area is 178 Å². The van der Waals surface area contributed by atoms with E-state index in [-0.39, 0.29) is 5.82 Å². The first-order valence-corrected chi connectivity index (χ1v) is 10.9. The molecule has 0 spiro atoms. The molecule has 0 atom stereocenters. The van der Waals surface area contributed by atoms with Crippen LogP contribution in [-0.2, 0) is 6.54 Å². The van der Waals surface area contributed by atoms with Gasteiger partial charge in [-0.2, -0.15) is 0 Å². The van der Waals surface area contributed by atoms with Gasteiger partial charge in [-0.25, -0.2) is 14.4 Å². The Morgan fingerprint density at radius 2 is 1.60 bits per heavy atom. The highest BCUT2D eigenvalue weighted by atomic mass is 19.1. The summed E-state index contributed by atoms with van der Waals surface area (Å²) in [4.78, 5) is 16.0. The highest BCUT2D eigenvalue weighted by Crippen LogP contribution is 2.19. The maximum absolute atomic E-state index is 13.1. The fourth-order valence-corrected chi connectivity index (χ4v) is 4.15. The minimum Gasteiger partial charge on any atom is -0.370 e. The molecule has 2 aliphatic heterocycles. The molecule has 30 heavy (non-hydrogen) atoms. The molecule has 7 heteroatoms. The average Bonchev–Trinajstić information content (AvgIpc) is 3.08. The summed E-state index contributed by atoms with van der Waals surface area (Å²) in [5.74, 6) is 1.43. The van der Waals surface area contributed by atoms with Crippen molar-refractivity contribution in [3.05, 3.63) is 54.0 Å². The van der Waals surface area contributed by atoms with Crippen molar-refractivity contribution >= 4 is 17.5 Å². The third-order valence-electron chi connectivity index (χ3n) is 5.96. The molecule has 0 saturated carbocycles. The number of hydrogen-bond acceptors (Lipinski definition) is 4. The number of halogens is 1. The van der Waals surface area contributed by atoms with Gasteiger partial charge in [0.05, 0.1) is 6.54 Å². The van der Waals surface area contributed by atoms with E-state index in [2.05, 4.69) is 30.7 Å². The highest BCUT2D eigenvalue weighted by Gasteiger charge is 2.18. The maximum atomic E-state index is 13.1. The Bertz CT molecular complexity index is 837. The highest BCUT2D eigenvalue weighted by molar-refractivity contribution is 5.78. The monoisotopic (exact) mass is 410 g/mol. The van der Waals surface area contributed by atoms with Crippen LogP contribution in [0.1, 0.15) is 31.2 Å². The summed E-state index contributed by atoms with van der Waals surface area (Å²) in [7, 11) is 0. The van der Waals surface area contributed by atoms with Crippen LogP contribution in [0.3, 0.4) is 0 Å². The molecule has 0 unspecified atom stereocenters. The zero-order valence-electron chi connectivity index (χ0n) is 17.5. The van der Waals surface area contributed by atoms with E-state index >= 15 is 0 Å². The Morgan fingerprint density at radius 3 is 2.30 bits per heavy atom.